The van der Waals surface area contributed by atoms with Crippen LogP contribution in [0.15, 0.2) is 24.3 Å². The van der Waals surface area contributed by atoms with Gasteiger partial charge in [0.15, 0.2) is 0 Å². The van der Waals surface area contributed by atoms with Gasteiger partial charge in [-0.3, -0.25) is 9.59 Å². The van der Waals surface area contributed by atoms with Crippen LogP contribution in [0, 0.1) is 0 Å². The largest absolute Gasteiger partial charge is 0.467 e. The first-order chi connectivity index (χ1) is 10.3. The molecule has 2 amide bonds. The van der Waals surface area contributed by atoms with Gasteiger partial charge in [0, 0.05) is 10.6 Å². The van der Waals surface area contributed by atoms with E-state index in [1.54, 1.807) is 32.0 Å². The van der Waals surface area contributed by atoms with Crippen molar-refractivity contribution in [3.05, 3.63) is 34.9 Å². The molecule has 0 heterocycles. The SMILES string of the molecule is CC[C@@](C)(NC(=O)CNC(=O)c1cccc(Cl)c1)C(=O)OC. The molecule has 22 heavy (non-hydrogen) atoms. The van der Waals surface area contributed by atoms with Gasteiger partial charge in [-0.25, -0.2) is 4.79 Å². The number of hydrogen-bond donors (Lipinski definition) is 2. The van der Waals surface area contributed by atoms with E-state index < -0.39 is 23.3 Å². The number of hydrogen-bond acceptors (Lipinski definition) is 4. The molecule has 0 saturated carbocycles. The van der Waals surface area contributed by atoms with Crippen LogP contribution in [0.3, 0.4) is 0 Å². The Kier molecular flexibility index (Phi) is 6.37. The van der Waals surface area contributed by atoms with Gasteiger partial charge in [0.25, 0.3) is 5.91 Å². The van der Waals surface area contributed by atoms with Gasteiger partial charge in [-0.15, -0.1) is 0 Å². The third-order valence-corrected chi connectivity index (χ3v) is 3.49. The summed E-state index contributed by atoms with van der Waals surface area (Å²) >= 11 is 5.80. The zero-order chi connectivity index (χ0) is 16.8. The summed E-state index contributed by atoms with van der Waals surface area (Å²) in [5.74, 6) is -1.44. The second-order valence-corrected chi connectivity index (χ2v) is 5.35. The van der Waals surface area contributed by atoms with E-state index >= 15 is 0 Å². The van der Waals surface area contributed by atoms with Crippen molar-refractivity contribution in [2.24, 2.45) is 0 Å². The number of nitrogens with one attached hydrogen (secondary N) is 2. The Hall–Kier alpha value is -2.08. The van der Waals surface area contributed by atoms with E-state index in [0.717, 1.165) is 0 Å². The molecule has 6 nitrogen and oxygen atoms in total. The normalized spacial score (nSPS) is 12.9. The van der Waals surface area contributed by atoms with Crippen LogP contribution in [0.25, 0.3) is 0 Å². The quantitative estimate of drug-likeness (QED) is 0.776. The molecular formula is C15H19ClN2O4. The molecule has 1 aromatic carbocycles. The third kappa shape index (κ3) is 4.73. The number of esters is 1. The standard InChI is InChI=1S/C15H19ClN2O4/c1-4-15(2,14(21)22-3)18-12(19)9-17-13(20)10-6-5-7-11(16)8-10/h5-8H,4,9H2,1-3H3,(H,17,20)(H,18,19)/t15-/m1/s1. The van der Waals surface area contributed by atoms with E-state index in [0.29, 0.717) is 17.0 Å². The summed E-state index contributed by atoms with van der Waals surface area (Å²) in [6, 6.07) is 6.37. The van der Waals surface area contributed by atoms with Crippen LogP contribution in [0.5, 0.6) is 0 Å². The average Bonchev–Trinajstić information content (AvgIpc) is 2.51. The van der Waals surface area contributed by atoms with Crippen LogP contribution in [-0.2, 0) is 14.3 Å². The zero-order valence-corrected chi connectivity index (χ0v) is 13.5. The number of amides is 2. The Bertz CT molecular complexity index is 576. The van der Waals surface area contributed by atoms with Gasteiger partial charge >= 0.3 is 5.97 Å². The summed E-state index contributed by atoms with van der Waals surface area (Å²) < 4.78 is 4.66. The lowest BCUT2D eigenvalue weighted by Gasteiger charge is -2.26. The number of ether oxygens (including phenoxy) is 1. The van der Waals surface area contributed by atoms with Crippen molar-refractivity contribution in [1.82, 2.24) is 10.6 Å². The van der Waals surface area contributed by atoms with Crippen LogP contribution in [0.1, 0.15) is 30.6 Å². The molecule has 0 aliphatic rings. The van der Waals surface area contributed by atoms with Crippen LogP contribution in [0.4, 0.5) is 0 Å². The van der Waals surface area contributed by atoms with Crippen LogP contribution in [-0.4, -0.2) is 37.0 Å². The van der Waals surface area contributed by atoms with Crippen molar-refractivity contribution in [3.63, 3.8) is 0 Å². The Morgan fingerprint density at radius 2 is 2.00 bits per heavy atom. The summed E-state index contributed by atoms with van der Waals surface area (Å²) in [6.45, 7) is 3.06. The zero-order valence-electron chi connectivity index (χ0n) is 12.7. The average molecular weight is 327 g/mol. The van der Waals surface area contributed by atoms with Crippen molar-refractivity contribution < 1.29 is 19.1 Å². The number of carbonyl (C=O) groups excluding carboxylic acids is 3. The molecule has 0 unspecified atom stereocenters. The maximum absolute atomic E-state index is 11.9. The fraction of sp³-hybridized carbons (Fsp3) is 0.400. The lowest BCUT2D eigenvalue weighted by molar-refractivity contribution is -0.150. The molecule has 1 rings (SSSR count). The number of carbonyl (C=O) groups is 3. The maximum atomic E-state index is 11.9. The van der Waals surface area contributed by atoms with Crippen molar-refractivity contribution in [1.29, 1.82) is 0 Å². The molecule has 0 saturated heterocycles. The molecule has 0 aromatic heterocycles. The third-order valence-electron chi connectivity index (χ3n) is 3.25. The molecule has 0 aliphatic heterocycles. The van der Waals surface area contributed by atoms with E-state index in [1.807, 2.05) is 0 Å². The molecule has 7 heteroatoms. The number of halogens is 1. The summed E-state index contributed by atoms with van der Waals surface area (Å²) in [5.41, 5.74) is -0.765. The molecule has 1 atom stereocenters. The Morgan fingerprint density at radius 3 is 2.55 bits per heavy atom. The number of methoxy groups -OCH3 is 1. The van der Waals surface area contributed by atoms with Gasteiger partial charge in [0.2, 0.25) is 5.91 Å². The van der Waals surface area contributed by atoms with Crippen LogP contribution >= 0.6 is 11.6 Å². The van der Waals surface area contributed by atoms with Gasteiger partial charge < -0.3 is 15.4 Å². The van der Waals surface area contributed by atoms with Crippen molar-refractivity contribution in [3.8, 4) is 0 Å². The molecule has 1 aromatic rings. The highest BCUT2D eigenvalue weighted by Crippen LogP contribution is 2.11. The monoisotopic (exact) mass is 326 g/mol. The Labute approximate surface area is 134 Å². The molecule has 0 radical (unpaired) electrons. The van der Waals surface area contributed by atoms with Crippen LogP contribution < -0.4 is 10.6 Å². The minimum atomic E-state index is -1.12. The first-order valence-electron chi connectivity index (χ1n) is 6.75. The molecule has 0 bridgehead atoms. The van der Waals surface area contributed by atoms with E-state index in [4.69, 9.17) is 11.6 Å². The van der Waals surface area contributed by atoms with E-state index in [9.17, 15) is 14.4 Å². The lowest BCUT2D eigenvalue weighted by atomic mass is 9.99. The second-order valence-electron chi connectivity index (χ2n) is 4.92. The molecule has 0 fully saturated rings. The highest BCUT2D eigenvalue weighted by molar-refractivity contribution is 6.30. The van der Waals surface area contributed by atoms with E-state index in [1.165, 1.54) is 13.2 Å². The maximum Gasteiger partial charge on any atom is 0.331 e. The van der Waals surface area contributed by atoms with Crippen molar-refractivity contribution in [2.75, 3.05) is 13.7 Å². The Morgan fingerprint density at radius 1 is 1.32 bits per heavy atom. The summed E-state index contributed by atoms with van der Waals surface area (Å²) in [5, 5.41) is 5.46. The molecule has 2 N–H and O–H groups in total. The fourth-order valence-electron chi connectivity index (χ4n) is 1.75. The minimum Gasteiger partial charge on any atom is -0.467 e. The first kappa shape index (κ1) is 18.0. The highest BCUT2D eigenvalue weighted by atomic mass is 35.5. The smallest absolute Gasteiger partial charge is 0.331 e. The number of benzene rings is 1. The predicted molar refractivity (Wildman–Crippen MR) is 82.6 cm³/mol. The highest BCUT2D eigenvalue weighted by Gasteiger charge is 2.33. The van der Waals surface area contributed by atoms with Gasteiger partial charge in [-0.05, 0) is 31.5 Å². The van der Waals surface area contributed by atoms with E-state index in [2.05, 4.69) is 15.4 Å². The van der Waals surface area contributed by atoms with Gasteiger partial charge in [-0.1, -0.05) is 24.6 Å². The van der Waals surface area contributed by atoms with E-state index in [-0.39, 0.29) is 6.54 Å². The topological polar surface area (TPSA) is 84.5 Å². The first-order valence-corrected chi connectivity index (χ1v) is 7.13. The second kappa shape index (κ2) is 7.79. The minimum absolute atomic E-state index is 0.252. The van der Waals surface area contributed by atoms with Gasteiger partial charge in [0.1, 0.15) is 5.54 Å². The van der Waals surface area contributed by atoms with Gasteiger partial charge in [0.05, 0.1) is 13.7 Å². The predicted octanol–water partition coefficient (Wildman–Crippen LogP) is 1.53. The molecule has 0 aliphatic carbocycles. The Balaban J connectivity index is 2.59. The van der Waals surface area contributed by atoms with Crippen molar-refractivity contribution in [2.45, 2.75) is 25.8 Å². The van der Waals surface area contributed by atoms with Crippen LogP contribution in [0.2, 0.25) is 5.02 Å². The summed E-state index contributed by atoms with van der Waals surface area (Å²) in [7, 11) is 1.25. The number of rotatable bonds is 6. The summed E-state index contributed by atoms with van der Waals surface area (Å²) in [4.78, 5) is 35.4. The molecule has 120 valence electrons. The molecular weight excluding hydrogens is 308 g/mol. The summed E-state index contributed by atoms with van der Waals surface area (Å²) in [6.07, 6.45) is 0.369. The lowest BCUT2D eigenvalue weighted by Crippen LogP contribution is -2.54. The van der Waals surface area contributed by atoms with Crippen molar-refractivity contribution >= 4 is 29.4 Å². The molecule has 0 spiro atoms. The van der Waals surface area contributed by atoms with Gasteiger partial charge in [-0.2, -0.15) is 0 Å². The fourth-order valence-corrected chi connectivity index (χ4v) is 1.94.